The number of nitrogens with zero attached hydrogens (tertiary/aromatic N) is 1. The third kappa shape index (κ3) is 3.18. The number of rotatable bonds is 3. The highest BCUT2D eigenvalue weighted by molar-refractivity contribution is 6.06. The first-order chi connectivity index (χ1) is 11.9. The van der Waals surface area contributed by atoms with Gasteiger partial charge in [-0.15, -0.1) is 0 Å². The van der Waals surface area contributed by atoms with E-state index in [4.69, 9.17) is 0 Å². The minimum Gasteiger partial charge on any atom is -0.322 e. The van der Waals surface area contributed by atoms with Crippen molar-refractivity contribution in [2.75, 3.05) is 5.32 Å². The normalized spacial score (nSPS) is 10.8. The maximum absolute atomic E-state index is 13.2. The van der Waals surface area contributed by atoms with Crippen LogP contribution in [0.1, 0.15) is 17.3 Å². The smallest absolute Gasteiger partial charge is 0.322 e. The molecule has 0 fully saturated rings. The van der Waals surface area contributed by atoms with E-state index in [0.717, 1.165) is 16.7 Å². The van der Waals surface area contributed by atoms with Gasteiger partial charge in [0.15, 0.2) is 0 Å². The lowest BCUT2D eigenvalue weighted by Crippen LogP contribution is -2.34. The summed E-state index contributed by atoms with van der Waals surface area (Å²) in [6, 6.07) is 6.79. The number of nitrogens with one attached hydrogen (secondary N) is 2. The number of hydrogen-bond acceptors (Lipinski definition) is 3. The average molecular weight is 345 g/mol. The van der Waals surface area contributed by atoms with Crippen LogP contribution in [0.5, 0.6) is 0 Å². The number of carbonyl (C=O) groups is 1. The lowest BCUT2D eigenvalue weighted by atomic mass is 10.1. The summed E-state index contributed by atoms with van der Waals surface area (Å²) in [7, 11) is 0. The van der Waals surface area contributed by atoms with E-state index < -0.39 is 28.8 Å². The molecule has 0 radical (unpaired) electrons. The van der Waals surface area contributed by atoms with Crippen molar-refractivity contribution in [2.45, 2.75) is 13.5 Å². The molecule has 25 heavy (non-hydrogen) atoms. The second kappa shape index (κ2) is 6.31. The molecule has 128 valence electrons. The fourth-order valence-electron chi connectivity index (χ4n) is 2.51. The zero-order chi connectivity index (χ0) is 18.1. The maximum atomic E-state index is 13.2. The van der Waals surface area contributed by atoms with Gasteiger partial charge in [-0.1, -0.05) is 0 Å². The minimum absolute atomic E-state index is 0.0440. The first kappa shape index (κ1) is 16.6. The summed E-state index contributed by atoms with van der Waals surface area (Å²) in [5.74, 6) is -2.27. The standard InChI is InChI=1S/C17H13F2N3O3/c1-2-22-16(24)13-4-3-9(5-14(13)21-17(22)25)15(23)20-12-7-10(18)6-11(19)8-12/h3-8H,2H2,1H3,(H,20,23)(H,21,25). The molecular weight excluding hydrogens is 332 g/mol. The van der Waals surface area contributed by atoms with Crippen LogP contribution in [0.3, 0.4) is 0 Å². The van der Waals surface area contributed by atoms with E-state index in [2.05, 4.69) is 10.3 Å². The maximum Gasteiger partial charge on any atom is 0.328 e. The van der Waals surface area contributed by atoms with Crippen LogP contribution in [0.15, 0.2) is 46.0 Å². The van der Waals surface area contributed by atoms with Gasteiger partial charge in [0, 0.05) is 23.9 Å². The fraction of sp³-hybridized carbons (Fsp3) is 0.118. The molecule has 1 aromatic heterocycles. The van der Waals surface area contributed by atoms with E-state index in [-0.39, 0.29) is 28.7 Å². The second-order valence-corrected chi connectivity index (χ2v) is 5.35. The van der Waals surface area contributed by atoms with Gasteiger partial charge in [0.25, 0.3) is 11.5 Å². The SMILES string of the molecule is CCn1c(=O)[nH]c2cc(C(=O)Nc3cc(F)cc(F)c3)ccc2c1=O. The number of benzene rings is 2. The molecule has 3 aromatic rings. The van der Waals surface area contributed by atoms with E-state index in [9.17, 15) is 23.2 Å². The Bertz CT molecular complexity index is 1080. The number of carbonyl (C=O) groups excluding carboxylic acids is 1. The van der Waals surface area contributed by atoms with Crippen LogP contribution in [0.4, 0.5) is 14.5 Å². The fourth-order valence-corrected chi connectivity index (χ4v) is 2.51. The Labute approximate surface area is 139 Å². The van der Waals surface area contributed by atoms with Crippen LogP contribution in [0.2, 0.25) is 0 Å². The van der Waals surface area contributed by atoms with Crippen molar-refractivity contribution in [3.63, 3.8) is 0 Å². The highest BCUT2D eigenvalue weighted by Gasteiger charge is 2.12. The third-order valence-corrected chi connectivity index (χ3v) is 3.68. The Morgan fingerprint density at radius 1 is 1.12 bits per heavy atom. The van der Waals surface area contributed by atoms with Crippen LogP contribution in [-0.4, -0.2) is 15.5 Å². The van der Waals surface area contributed by atoms with Gasteiger partial charge < -0.3 is 10.3 Å². The lowest BCUT2D eigenvalue weighted by molar-refractivity contribution is 0.102. The Kier molecular flexibility index (Phi) is 4.18. The zero-order valence-electron chi connectivity index (χ0n) is 13.1. The number of aromatic nitrogens is 2. The molecule has 1 heterocycles. The summed E-state index contributed by atoms with van der Waals surface area (Å²) in [4.78, 5) is 38.8. The molecule has 0 saturated heterocycles. The lowest BCUT2D eigenvalue weighted by Gasteiger charge is -2.08. The van der Waals surface area contributed by atoms with Crippen molar-refractivity contribution in [1.29, 1.82) is 0 Å². The highest BCUT2D eigenvalue weighted by atomic mass is 19.1. The quantitative estimate of drug-likeness (QED) is 0.764. The van der Waals surface area contributed by atoms with Gasteiger partial charge in [-0.2, -0.15) is 0 Å². The molecule has 8 heteroatoms. The van der Waals surface area contributed by atoms with Crippen molar-refractivity contribution in [3.8, 4) is 0 Å². The summed E-state index contributed by atoms with van der Waals surface area (Å²) in [5, 5.41) is 2.62. The Morgan fingerprint density at radius 3 is 2.44 bits per heavy atom. The van der Waals surface area contributed by atoms with E-state index in [1.54, 1.807) is 6.92 Å². The summed E-state index contributed by atoms with van der Waals surface area (Å²) in [6.07, 6.45) is 0. The topological polar surface area (TPSA) is 84.0 Å². The van der Waals surface area contributed by atoms with Crippen LogP contribution < -0.4 is 16.6 Å². The van der Waals surface area contributed by atoms with Crippen LogP contribution in [0, 0.1) is 11.6 Å². The Balaban J connectivity index is 2.00. The molecule has 0 aliphatic carbocycles. The second-order valence-electron chi connectivity index (χ2n) is 5.35. The molecule has 1 amide bonds. The van der Waals surface area contributed by atoms with Gasteiger partial charge in [0.2, 0.25) is 0 Å². The van der Waals surface area contributed by atoms with Gasteiger partial charge >= 0.3 is 5.69 Å². The average Bonchev–Trinajstić information content (AvgIpc) is 2.53. The summed E-state index contributed by atoms with van der Waals surface area (Å²) in [6.45, 7) is 1.89. The van der Waals surface area contributed by atoms with Crippen molar-refractivity contribution in [1.82, 2.24) is 9.55 Å². The third-order valence-electron chi connectivity index (χ3n) is 3.68. The van der Waals surface area contributed by atoms with Gasteiger partial charge in [0.05, 0.1) is 10.9 Å². The van der Waals surface area contributed by atoms with E-state index >= 15 is 0 Å². The van der Waals surface area contributed by atoms with Crippen LogP contribution in [-0.2, 0) is 6.54 Å². The first-order valence-electron chi connectivity index (χ1n) is 7.43. The minimum atomic E-state index is -0.821. The Morgan fingerprint density at radius 2 is 1.80 bits per heavy atom. The number of aromatic amines is 1. The molecule has 0 spiro atoms. The molecule has 0 atom stereocenters. The van der Waals surface area contributed by atoms with Gasteiger partial charge in [-0.25, -0.2) is 13.6 Å². The number of anilines is 1. The van der Waals surface area contributed by atoms with Crippen molar-refractivity contribution in [3.05, 3.63) is 74.4 Å². The summed E-state index contributed by atoms with van der Waals surface area (Å²) in [5.41, 5.74) is -0.748. The molecule has 0 aliphatic rings. The molecule has 0 bridgehead atoms. The Hall–Kier alpha value is -3.29. The van der Waals surface area contributed by atoms with Crippen molar-refractivity contribution < 1.29 is 13.6 Å². The monoisotopic (exact) mass is 345 g/mol. The van der Waals surface area contributed by atoms with E-state index in [1.165, 1.54) is 18.2 Å². The number of H-pyrrole nitrogens is 1. The highest BCUT2D eigenvalue weighted by Crippen LogP contribution is 2.15. The predicted molar refractivity (Wildman–Crippen MR) is 88.8 cm³/mol. The molecule has 0 aliphatic heterocycles. The van der Waals surface area contributed by atoms with Crippen molar-refractivity contribution in [2.24, 2.45) is 0 Å². The first-order valence-corrected chi connectivity index (χ1v) is 7.43. The molecular formula is C17H13F2N3O3. The number of hydrogen-bond donors (Lipinski definition) is 2. The van der Waals surface area contributed by atoms with E-state index in [1.807, 2.05) is 0 Å². The van der Waals surface area contributed by atoms with Gasteiger partial charge in [-0.05, 0) is 37.3 Å². The van der Waals surface area contributed by atoms with Crippen LogP contribution >= 0.6 is 0 Å². The summed E-state index contributed by atoms with van der Waals surface area (Å²) >= 11 is 0. The van der Waals surface area contributed by atoms with Crippen molar-refractivity contribution >= 4 is 22.5 Å². The van der Waals surface area contributed by atoms with E-state index in [0.29, 0.717) is 6.07 Å². The number of amides is 1. The molecule has 3 rings (SSSR count). The number of halogens is 2. The van der Waals surface area contributed by atoms with Gasteiger partial charge in [-0.3, -0.25) is 14.2 Å². The molecule has 0 saturated carbocycles. The largest absolute Gasteiger partial charge is 0.328 e. The molecule has 6 nitrogen and oxygen atoms in total. The van der Waals surface area contributed by atoms with Crippen LogP contribution in [0.25, 0.3) is 10.9 Å². The molecule has 0 unspecified atom stereocenters. The summed E-state index contributed by atoms with van der Waals surface area (Å²) < 4.78 is 27.4. The van der Waals surface area contributed by atoms with Gasteiger partial charge in [0.1, 0.15) is 11.6 Å². The predicted octanol–water partition coefficient (Wildman–Crippen LogP) is 2.24. The molecule has 2 aromatic carbocycles. The number of fused-ring (bicyclic) bond motifs is 1. The molecule has 2 N–H and O–H groups in total. The zero-order valence-corrected chi connectivity index (χ0v) is 13.1.